The maximum atomic E-state index is 2.56. The van der Waals surface area contributed by atoms with Crippen molar-refractivity contribution in [3.05, 3.63) is 29.8 Å². The molecule has 1 aromatic rings. The Morgan fingerprint density at radius 3 is 2.93 bits per heavy atom. The van der Waals surface area contributed by atoms with E-state index in [0.29, 0.717) is 0 Å². The highest BCUT2D eigenvalue weighted by Gasteiger charge is 2.14. The highest BCUT2D eigenvalue weighted by molar-refractivity contribution is 5.55. The second-order valence-corrected chi connectivity index (χ2v) is 4.43. The summed E-state index contributed by atoms with van der Waals surface area (Å²) < 4.78 is 0. The van der Waals surface area contributed by atoms with Crippen molar-refractivity contribution in [2.24, 2.45) is 0 Å². The van der Waals surface area contributed by atoms with Crippen molar-refractivity contribution in [3.8, 4) is 0 Å². The molecule has 1 aliphatic heterocycles. The predicted octanol–water partition coefficient (Wildman–Crippen LogP) is 3.63. The first-order valence-corrected chi connectivity index (χ1v) is 6.24. The maximum absolute atomic E-state index is 2.56. The first kappa shape index (κ1) is 10.5. The Morgan fingerprint density at radius 1 is 1.20 bits per heavy atom. The van der Waals surface area contributed by atoms with Crippen LogP contribution in [0, 0.1) is 0 Å². The van der Waals surface area contributed by atoms with E-state index in [0.717, 1.165) is 0 Å². The SMILES string of the molecule is CCCCCN1CCCc2ccccc21. The van der Waals surface area contributed by atoms with Crippen LogP contribution in [0.15, 0.2) is 24.3 Å². The van der Waals surface area contributed by atoms with E-state index in [1.54, 1.807) is 5.56 Å². The fraction of sp³-hybridized carbons (Fsp3) is 0.571. The number of rotatable bonds is 4. The van der Waals surface area contributed by atoms with Crippen molar-refractivity contribution in [2.45, 2.75) is 39.0 Å². The van der Waals surface area contributed by atoms with Crippen LogP contribution < -0.4 is 4.90 Å². The van der Waals surface area contributed by atoms with Gasteiger partial charge in [0.25, 0.3) is 0 Å². The summed E-state index contributed by atoms with van der Waals surface area (Å²) >= 11 is 0. The van der Waals surface area contributed by atoms with Crippen LogP contribution in [0.1, 0.15) is 38.2 Å². The molecule has 0 bridgehead atoms. The third-order valence-electron chi connectivity index (χ3n) is 3.24. The summed E-state index contributed by atoms with van der Waals surface area (Å²) in [4.78, 5) is 2.56. The summed E-state index contributed by atoms with van der Waals surface area (Å²) in [5.74, 6) is 0. The van der Waals surface area contributed by atoms with Gasteiger partial charge in [0.1, 0.15) is 0 Å². The van der Waals surface area contributed by atoms with Gasteiger partial charge in [-0.3, -0.25) is 0 Å². The molecule has 82 valence electrons. The summed E-state index contributed by atoms with van der Waals surface area (Å²) in [6, 6.07) is 8.88. The number of fused-ring (bicyclic) bond motifs is 1. The van der Waals surface area contributed by atoms with E-state index in [-0.39, 0.29) is 0 Å². The Hall–Kier alpha value is -0.980. The molecule has 1 aliphatic rings. The molecule has 0 atom stereocenters. The first-order chi connectivity index (χ1) is 7.42. The molecule has 1 heteroatoms. The molecule has 0 fully saturated rings. The van der Waals surface area contributed by atoms with Crippen molar-refractivity contribution in [1.82, 2.24) is 0 Å². The van der Waals surface area contributed by atoms with Gasteiger partial charge in [-0.2, -0.15) is 0 Å². The van der Waals surface area contributed by atoms with Gasteiger partial charge in [-0.1, -0.05) is 38.0 Å². The van der Waals surface area contributed by atoms with Crippen LogP contribution in [0.25, 0.3) is 0 Å². The zero-order valence-electron chi connectivity index (χ0n) is 9.71. The highest BCUT2D eigenvalue weighted by atomic mass is 15.1. The molecule has 1 nitrogen and oxygen atoms in total. The highest BCUT2D eigenvalue weighted by Crippen LogP contribution is 2.26. The zero-order chi connectivity index (χ0) is 10.5. The largest absolute Gasteiger partial charge is 0.371 e. The van der Waals surface area contributed by atoms with Gasteiger partial charge < -0.3 is 4.90 Å². The second kappa shape index (κ2) is 5.20. The lowest BCUT2D eigenvalue weighted by Gasteiger charge is -2.31. The molecule has 0 saturated carbocycles. The Kier molecular flexibility index (Phi) is 3.65. The van der Waals surface area contributed by atoms with Gasteiger partial charge in [0.2, 0.25) is 0 Å². The fourth-order valence-electron chi connectivity index (χ4n) is 2.40. The van der Waals surface area contributed by atoms with Crippen LogP contribution in [-0.2, 0) is 6.42 Å². The molecule has 0 saturated heterocycles. The third kappa shape index (κ3) is 2.53. The van der Waals surface area contributed by atoms with E-state index in [4.69, 9.17) is 0 Å². The van der Waals surface area contributed by atoms with Gasteiger partial charge in [0, 0.05) is 18.8 Å². The standard InChI is InChI=1S/C14H21N/c1-2-3-6-11-15-12-7-9-13-8-4-5-10-14(13)15/h4-5,8,10H,2-3,6-7,9,11-12H2,1H3. The van der Waals surface area contributed by atoms with E-state index < -0.39 is 0 Å². The molecule has 0 N–H and O–H groups in total. The zero-order valence-corrected chi connectivity index (χ0v) is 9.71. The quantitative estimate of drug-likeness (QED) is 0.675. The van der Waals surface area contributed by atoms with E-state index in [1.165, 1.54) is 50.9 Å². The minimum absolute atomic E-state index is 1.24. The van der Waals surface area contributed by atoms with E-state index in [9.17, 15) is 0 Å². The molecule has 1 heterocycles. The summed E-state index contributed by atoms with van der Waals surface area (Å²) in [6.45, 7) is 4.76. The molecule has 15 heavy (non-hydrogen) atoms. The fourth-order valence-corrected chi connectivity index (χ4v) is 2.40. The van der Waals surface area contributed by atoms with Crippen molar-refractivity contribution >= 4 is 5.69 Å². The Balaban J connectivity index is 2.02. The van der Waals surface area contributed by atoms with Crippen LogP contribution in [0.2, 0.25) is 0 Å². The summed E-state index contributed by atoms with van der Waals surface area (Å²) in [5.41, 5.74) is 3.03. The van der Waals surface area contributed by atoms with Gasteiger partial charge in [0.05, 0.1) is 0 Å². The van der Waals surface area contributed by atoms with Gasteiger partial charge in [0.15, 0.2) is 0 Å². The molecule has 0 aliphatic carbocycles. The number of benzene rings is 1. The maximum Gasteiger partial charge on any atom is 0.0398 e. The minimum Gasteiger partial charge on any atom is -0.371 e. The van der Waals surface area contributed by atoms with Crippen LogP contribution in [0.4, 0.5) is 5.69 Å². The van der Waals surface area contributed by atoms with E-state index in [2.05, 4.69) is 36.1 Å². The van der Waals surface area contributed by atoms with Crippen molar-refractivity contribution < 1.29 is 0 Å². The van der Waals surface area contributed by atoms with E-state index >= 15 is 0 Å². The van der Waals surface area contributed by atoms with Crippen LogP contribution in [-0.4, -0.2) is 13.1 Å². The molecule has 0 unspecified atom stereocenters. The van der Waals surface area contributed by atoms with Crippen molar-refractivity contribution in [1.29, 1.82) is 0 Å². The number of nitrogens with zero attached hydrogens (tertiary/aromatic N) is 1. The van der Waals surface area contributed by atoms with Gasteiger partial charge in [-0.25, -0.2) is 0 Å². The molecule has 0 aromatic heterocycles. The summed E-state index contributed by atoms with van der Waals surface area (Å²) in [7, 11) is 0. The van der Waals surface area contributed by atoms with Crippen molar-refractivity contribution in [2.75, 3.05) is 18.0 Å². The third-order valence-corrected chi connectivity index (χ3v) is 3.24. The van der Waals surface area contributed by atoms with Gasteiger partial charge >= 0.3 is 0 Å². The number of para-hydroxylation sites is 1. The summed E-state index contributed by atoms with van der Waals surface area (Å²) in [6.07, 6.45) is 6.60. The average Bonchev–Trinajstić information content (AvgIpc) is 2.30. The molecule has 0 radical (unpaired) electrons. The molecular weight excluding hydrogens is 182 g/mol. The molecule has 2 rings (SSSR count). The van der Waals surface area contributed by atoms with E-state index in [1.807, 2.05) is 0 Å². The Morgan fingerprint density at radius 2 is 2.07 bits per heavy atom. The lowest BCUT2D eigenvalue weighted by Crippen LogP contribution is -2.30. The first-order valence-electron chi connectivity index (χ1n) is 6.24. The lowest BCUT2D eigenvalue weighted by molar-refractivity contribution is 0.638. The lowest BCUT2D eigenvalue weighted by atomic mass is 10.0. The normalized spacial score (nSPS) is 15.1. The van der Waals surface area contributed by atoms with Crippen LogP contribution >= 0.6 is 0 Å². The molecule has 0 spiro atoms. The second-order valence-electron chi connectivity index (χ2n) is 4.43. The van der Waals surface area contributed by atoms with Gasteiger partial charge in [-0.15, -0.1) is 0 Å². The number of unbranched alkanes of at least 4 members (excludes halogenated alkanes) is 2. The molecule has 1 aromatic carbocycles. The molecular formula is C14H21N. The predicted molar refractivity (Wildman–Crippen MR) is 66.5 cm³/mol. The topological polar surface area (TPSA) is 3.24 Å². The smallest absolute Gasteiger partial charge is 0.0398 e. The monoisotopic (exact) mass is 203 g/mol. The summed E-state index contributed by atoms with van der Waals surface area (Å²) in [5, 5.41) is 0. The Labute approximate surface area is 93.1 Å². The number of hydrogen-bond acceptors (Lipinski definition) is 1. The number of anilines is 1. The van der Waals surface area contributed by atoms with Crippen LogP contribution in [0.3, 0.4) is 0 Å². The van der Waals surface area contributed by atoms with Gasteiger partial charge in [-0.05, 0) is 30.9 Å². The minimum atomic E-state index is 1.24. The molecule has 0 amide bonds. The number of hydrogen-bond donors (Lipinski definition) is 0. The van der Waals surface area contributed by atoms with Crippen LogP contribution in [0.5, 0.6) is 0 Å². The Bertz CT molecular complexity index is 306. The van der Waals surface area contributed by atoms with Crippen molar-refractivity contribution in [3.63, 3.8) is 0 Å². The average molecular weight is 203 g/mol. The number of aryl methyl sites for hydroxylation is 1.